The molecular formula is C23H19F3N2O4. The summed E-state index contributed by atoms with van der Waals surface area (Å²) < 4.78 is 47.3. The van der Waals surface area contributed by atoms with Crippen molar-refractivity contribution in [3.8, 4) is 11.5 Å². The molecule has 3 N–H and O–H groups in total. The highest BCUT2D eigenvalue weighted by Gasteiger charge is 2.32. The molecule has 9 heteroatoms. The third-order valence-corrected chi connectivity index (χ3v) is 4.37. The average Bonchev–Trinajstić information content (AvgIpc) is 2.76. The molecular weight excluding hydrogens is 425 g/mol. The number of hydrogen-bond donors (Lipinski definition) is 2. The summed E-state index contributed by atoms with van der Waals surface area (Å²) in [6.07, 6.45) is -4.83. The number of benzene rings is 3. The van der Waals surface area contributed by atoms with Crippen molar-refractivity contribution in [1.29, 1.82) is 0 Å². The Morgan fingerprint density at radius 3 is 2.31 bits per heavy atom. The Hall–Kier alpha value is -4.01. The summed E-state index contributed by atoms with van der Waals surface area (Å²) in [5, 5.41) is 2.58. The minimum atomic E-state index is -4.83. The van der Waals surface area contributed by atoms with Crippen LogP contribution in [0.15, 0.2) is 72.8 Å². The first-order valence-electron chi connectivity index (χ1n) is 9.45. The molecule has 2 amide bonds. The summed E-state index contributed by atoms with van der Waals surface area (Å²) in [6.45, 7) is -0.0779. The molecule has 0 aliphatic heterocycles. The fourth-order valence-electron chi connectivity index (χ4n) is 2.91. The number of alkyl halides is 3. The maximum atomic E-state index is 12.5. The molecule has 0 unspecified atom stereocenters. The van der Waals surface area contributed by atoms with Gasteiger partial charge in [0.05, 0.1) is 5.56 Å². The largest absolute Gasteiger partial charge is 0.573 e. The average molecular weight is 444 g/mol. The zero-order valence-electron chi connectivity index (χ0n) is 16.7. The molecule has 0 aromatic heterocycles. The lowest BCUT2D eigenvalue weighted by atomic mass is 10.1. The van der Waals surface area contributed by atoms with Crippen molar-refractivity contribution in [3.63, 3.8) is 0 Å². The second-order valence-electron chi connectivity index (χ2n) is 6.69. The number of rotatable bonds is 8. The zero-order chi connectivity index (χ0) is 23.1. The Labute approximate surface area is 181 Å². The second-order valence-corrected chi connectivity index (χ2v) is 6.69. The van der Waals surface area contributed by atoms with E-state index in [9.17, 15) is 22.8 Å². The van der Waals surface area contributed by atoms with Crippen LogP contribution in [-0.4, -0.2) is 18.2 Å². The molecule has 32 heavy (non-hydrogen) atoms. The molecule has 3 aromatic rings. The van der Waals surface area contributed by atoms with E-state index < -0.39 is 18.2 Å². The molecule has 0 saturated carbocycles. The number of nitrogens with two attached hydrogens (primary N) is 1. The van der Waals surface area contributed by atoms with E-state index in [1.165, 1.54) is 18.2 Å². The fourth-order valence-corrected chi connectivity index (χ4v) is 2.91. The predicted octanol–water partition coefficient (Wildman–Crippen LogP) is 4.19. The third-order valence-electron chi connectivity index (χ3n) is 4.37. The molecule has 0 fully saturated rings. The van der Waals surface area contributed by atoms with E-state index in [0.717, 1.165) is 0 Å². The first-order valence-corrected chi connectivity index (χ1v) is 9.45. The molecule has 0 heterocycles. The summed E-state index contributed by atoms with van der Waals surface area (Å²) in [4.78, 5) is 24.0. The molecule has 0 radical (unpaired) electrons. The molecule has 3 aromatic carbocycles. The van der Waals surface area contributed by atoms with Gasteiger partial charge in [-0.1, -0.05) is 42.5 Å². The number of hydrogen-bond acceptors (Lipinski definition) is 4. The number of halogens is 3. The van der Waals surface area contributed by atoms with E-state index in [1.807, 2.05) is 0 Å². The fraction of sp³-hybridized carbons (Fsp3) is 0.130. The quantitative estimate of drug-likeness (QED) is 0.545. The molecule has 0 aliphatic rings. The van der Waals surface area contributed by atoms with Crippen LogP contribution in [-0.2, 0) is 13.2 Å². The predicted molar refractivity (Wildman–Crippen MR) is 110 cm³/mol. The first kappa shape index (κ1) is 22.7. The normalized spacial score (nSPS) is 11.0. The lowest BCUT2D eigenvalue weighted by molar-refractivity contribution is -0.274. The molecule has 0 aliphatic carbocycles. The first-order chi connectivity index (χ1) is 15.2. The van der Waals surface area contributed by atoms with E-state index >= 15 is 0 Å². The van der Waals surface area contributed by atoms with Gasteiger partial charge in [-0.2, -0.15) is 0 Å². The number of para-hydroxylation sites is 2. The summed E-state index contributed by atoms with van der Waals surface area (Å²) in [6, 6.07) is 18.6. The Balaban J connectivity index is 1.65. The molecule has 0 atom stereocenters. The van der Waals surface area contributed by atoms with Crippen molar-refractivity contribution in [2.24, 2.45) is 5.73 Å². The van der Waals surface area contributed by atoms with Gasteiger partial charge in [0.1, 0.15) is 18.1 Å². The van der Waals surface area contributed by atoms with Gasteiger partial charge in [0.2, 0.25) is 0 Å². The lowest BCUT2D eigenvalue weighted by Gasteiger charge is -2.14. The minimum absolute atomic E-state index is 0.0771. The number of carbonyl (C=O) groups is 2. The standard InChI is InChI=1S/C23H19F3N2O4/c24-23(25,26)32-19-10-3-1-7-17(19)13-28-22(30)16-8-5-6-15(12-16)14-31-20-11-4-2-9-18(20)21(27)29/h1-12H,13-14H2,(H2,27,29)(H,28,30). The second kappa shape index (κ2) is 9.86. The van der Waals surface area contributed by atoms with Gasteiger partial charge in [-0.3, -0.25) is 9.59 Å². The molecule has 0 bridgehead atoms. The highest BCUT2D eigenvalue weighted by Crippen LogP contribution is 2.26. The molecule has 3 rings (SSSR count). The van der Waals surface area contributed by atoms with Gasteiger partial charge < -0.3 is 20.5 Å². The molecule has 0 spiro atoms. The van der Waals surface area contributed by atoms with Gasteiger partial charge >= 0.3 is 6.36 Å². The van der Waals surface area contributed by atoms with Crippen LogP contribution in [0.3, 0.4) is 0 Å². The third kappa shape index (κ3) is 6.24. The van der Waals surface area contributed by atoms with Crippen molar-refractivity contribution in [2.75, 3.05) is 0 Å². The Morgan fingerprint density at radius 2 is 1.59 bits per heavy atom. The maximum absolute atomic E-state index is 12.5. The van der Waals surface area contributed by atoms with E-state index in [-0.39, 0.29) is 30.0 Å². The van der Waals surface area contributed by atoms with Crippen molar-refractivity contribution in [3.05, 3.63) is 95.1 Å². The van der Waals surface area contributed by atoms with E-state index in [2.05, 4.69) is 10.1 Å². The summed E-state index contributed by atoms with van der Waals surface area (Å²) in [5.41, 5.74) is 6.69. The number of ether oxygens (including phenoxy) is 2. The van der Waals surface area contributed by atoms with Gasteiger partial charge in [0.25, 0.3) is 11.8 Å². The molecule has 6 nitrogen and oxygen atoms in total. The highest BCUT2D eigenvalue weighted by atomic mass is 19.4. The van der Waals surface area contributed by atoms with Crippen LogP contribution >= 0.6 is 0 Å². The van der Waals surface area contributed by atoms with Gasteiger partial charge in [0.15, 0.2) is 0 Å². The van der Waals surface area contributed by atoms with Gasteiger partial charge in [0, 0.05) is 17.7 Å². The van der Waals surface area contributed by atoms with Crippen LogP contribution in [0, 0.1) is 0 Å². The van der Waals surface area contributed by atoms with E-state index in [0.29, 0.717) is 16.9 Å². The van der Waals surface area contributed by atoms with Gasteiger partial charge in [-0.15, -0.1) is 13.2 Å². The Morgan fingerprint density at radius 1 is 0.906 bits per heavy atom. The van der Waals surface area contributed by atoms with Gasteiger partial charge in [-0.05, 0) is 35.9 Å². The van der Waals surface area contributed by atoms with Crippen molar-refractivity contribution < 1.29 is 32.2 Å². The minimum Gasteiger partial charge on any atom is -0.488 e. The van der Waals surface area contributed by atoms with Crippen molar-refractivity contribution in [1.82, 2.24) is 5.32 Å². The monoisotopic (exact) mass is 444 g/mol. The van der Waals surface area contributed by atoms with Crippen LogP contribution in [0.25, 0.3) is 0 Å². The topological polar surface area (TPSA) is 90.7 Å². The zero-order valence-corrected chi connectivity index (χ0v) is 16.7. The summed E-state index contributed by atoms with van der Waals surface area (Å²) >= 11 is 0. The Kier molecular flexibility index (Phi) is 6.99. The SMILES string of the molecule is NC(=O)c1ccccc1OCc1cccc(C(=O)NCc2ccccc2OC(F)(F)F)c1. The van der Waals surface area contributed by atoms with Crippen molar-refractivity contribution >= 4 is 11.8 Å². The lowest BCUT2D eigenvalue weighted by Crippen LogP contribution is -2.24. The maximum Gasteiger partial charge on any atom is 0.573 e. The number of carbonyl (C=O) groups excluding carboxylic acids is 2. The number of amides is 2. The Bertz CT molecular complexity index is 1120. The summed E-state index contributed by atoms with van der Waals surface area (Å²) in [5.74, 6) is -1.17. The van der Waals surface area contributed by atoms with Crippen molar-refractivity contribution in [2.45, 2.75) is 19.5 Å². The van der Waals surface area contributed by atoms with Crippen LogP contribution < -0.4 is 20.5 Å². The van der Waals surface area contributed by atoms with E-state index in [1.54, 1.807) is 54.6 Å². The summed E-state index contributed by atoms with van der Waals surface area (Å²) in [7, 11) is 0. The van der Waals surface area contributed by atoms with Gasteiger partial charge in [-0.25, -0.2) is 0 Å². The van der Waals surface area contributed by atoms with E-state index in [4.69, 9.17) is 10.5 Å². The number of nitrogens with one attached hydrogen (secondary N) is 1. The van der Waals surface area contributed by atoms with Crippen LogP contribution in [0.1, 0.15) is 31.8 Å². The smallest absolute Gasteiger partial charge is 0.488 e. The van der Waals surface area contributed by atoms with Crippen LogP contribution in [0.4, 0.5) is 13.2 Å². The number of primary amides is 1. The molecule has 166 valence electrons. The molecule has 0 saturated heterocycles. The van der Waals surface area contributed by atoms with Crippen LogP contribution in [0.2, 0.25) is 0 Å². The highest BCUT2D eigenvalue weighted by molar-refractivity contribution is 5.95. The van der Waals surface area contributed by atoms with Crippen LogP contribution in [0.5, 0.6) is 11.5 Å².